The van der Waals surface area contributed by atoms with Gasteiger partial charge in [-0.25, -0.2) is 0 Å². The number of benzene rings is 1. The molecule has 1 fully saturated rings. The minimum absolute atomic E-state index is 0.00943. The molecule has 0 radical (unpaired) electrons. The van der Waals surface area contributed by atoms with E-state index in [-0.39, 0.29) is 11.8 Å². The van der Waals surface area contributed by atoms with E-state index in [9.17, 15) is 9.59 Å². The summed E-state index contributed by atoms with van der Waals surface area (Å²) in [5.41, 5.74) is 2.87. The fraction of sp³-hybridized carbons (Fsp3) is 0.368. The molecule has 2 amide bonds. The maximum absolute atomic E-state index is 12.2. The second kappa shape index (κ2) is 7.98. The van der Waals surface area contributed by atoms with Crippen LogP contribution >= 0.6 is 0 Å². The molecular weight excluding hydrogens is 318 g/mol. The summed E-state index contributed by atoms with van der Waals surface area (Å²) in [4.78, 5) is 28.2. The van der Waals surface area contributed by atoms with Crippen molar-refractivity contribution in [1.82, 2.24) is 15.1 Å². The lowest BCUT2D eigenvalue weighted by atomic mass is 10.1. The van der Waals surface area contributed by atoms with Crippen molar-refractivity contribution in [3.63, 3.8) is 0 Å². The third kappa shape index (κ3) is 4.70. The summed E-state index contributed by atoms with van der Waals surface area (Å²) in [5, 5.41) is 2.95. The largest absolute Gasteiger partial charge is 0.472 e. The van der Waals surface area contributed by atoms with Gasteiger partial charge in [0.15, 0.2) is 0 Å². The van der Waals surface area contributed by atoms with E-state index in [4.69, 9.17) is 4.42 Å². The summed E-state index contributed by atoms with van der Waals surface area (Å²) in [5.74, 6) is -0.00703. The van der Waals surface area contributed by atoms with E-state index >= 15 is 0 Å². The van der Waals surface area contributed by atoms with Gasteiger partial charge in [-0.2, -0.15) is 0 Å². The highest BCUT2D eigenvalue weighted by molar-refractivity contribution is 5.93. The van der Waals surface area contributed by atoms with Gasteiger partial charge in [0.2, 0.25) is 5.91 Å². The maximum Gasteiger partial charge on any atom is 0.257 e. The van der Waals surface area contributed by atoms with Gasteiger partial charge in [0.25, 0.3) is 5.91 Å². The molecule has 1 saturated heterocycles. The van der Waals surface area contributed by atoms with Crippen LogP contribution in [0.15, 0.2) is 47.3 Å². The molecule has 1 aromatic heterocycles. The number of carbonyl (C=O) groups excluding carboxylic acids is 2. The number of amides is 2. The van der Waals surface area contributed by atoms with Gasteiger partial charge in [0, 0.05) is 32.7 Å². The van der Waals surface area contributed by atoms with Crippen LogP contribution in [0.5, 0.6) is 0 Å². The van der Waals surface area contributed by atoms with Crippen LogP contribution in [-0.2, 0) is 11.3 Å². The highest BCUT2D eigenvalue weighted by Crippen LogP contribution is 2.09. The SMILES string of the molecule is Cc1ccc(CNC(=O)CN2CCN(C(=O)c3ccoc3)CC2)cc1. The standard InChI is InChI=1S/C19H23N3O3/c1-15-2-4-16(5-3-15)12-20-18(23)13-21-7-9-22(10-8-21)19(24)17-6-11-25-14-17/h2-6,11,14H,7-10,12-13H2,1H3,(H,20,23). The number of furan rings is 1. The first-order valence-electron chi connectivity index (χ1n) is 8.48. The number of piperazine rings is 1. The number of nitrogens with zero attached hydrogens (tertiary/aromatic N) is 2. The van der Waals surface area contributed by atoms with Crippen molar-refractivity contribution in [3.8, 4) is 0 Å². The van der Waals surface area contributed by atoms with Crippen molar-refractivity contribution in [2.24, 2.45) is 0 Å². The Balaban J connectivity index is 1.40. The number of rotatable bonds is 5. The lowest BCUT2D eigenvalue weighted by Crippen LogP contribution is -2.51. The van der Waals surface area contributed by atoms with Gasteiger partial charge in [-0.05, 0) is 18.6 Å². The van der Waals surface area contributed by atoms with Crippen LogP contribution in [0.3, 0.4) is 0 Å². The summed E-state index contributed by atoms with van der Waals surface area (Å²) < 4.78 is 4.96. The van der Waals surface area contributed by atoms with Gasteiger partial charge in [0.1, 0.15) is 6.26 Å². The van der Waals surface area contributed by atoms with E-state index in [1.807, 2.05) is 31.2 Å². The third-order valence-electron chi connectivity index (χ3n) is 4.41. The molecule has 132 valence electrons. The molecule has 6 nitrogen and oxygen atoms in total. The summed E-state index contributed by atoms with van der Waals surface area (Å²) in [7, 11) is 0. The molecular formula is C19H23N3O3. The Morgan fingerprint density at radius 2 is 1.80 bits per heavy atom. The molecule has 25 heavy (non-hydrogen) atoms. The molecule has 3 rings (SSSR count). The average molecular weight is 341 g/mol. The van der Waals surface area contributed by atoms with E-state index in [2.05, 4.69) is 10.2 Å². The van der Waals surface area contributed by atoms with Crippen LogP contribution in [0.4, 0.5) is 0 Å². The second-order valence-corrected chi connectivity index (χ2v) is 6.34. The predicted molar refractivity (Wildman–Crippen MR) is 94.1 cm³/mol. The fourth-order valence-electron chi connectivity index (χ4n) is 2.84. The zero-order chi connectivity index (χ0) is 17.6. The monoisotopic (exact) mass is 341 g/mol. The summed E-state index contributed by atoms with van der Waals surface area (Å²) in [6, 6.07) is 9.80. The van der Waals surface area contributed by atoms with Crippen LogP contribution < -0.4 is 5.32 Å². The zero-order valence-electron chi connectivity index (χ0n) is 14.4. The molecule has 1 aliphatic heterocycles. The summed E-state index contributed by atoms with van der Waals surface area (Å²) in [6.07, 6.45) is 2.97. The van der Waals surface area contributed by atoms with Gasteiger partial charge in [-0.15, -0.1) is 0 Å². The lowest BCUT2D eigenvalue weighted by Gasteiger charge is -2.34. The predicted octanol–water partition coefficient (Wildman–Crippen LogP) is 1.66. The van der Waals surface area contributed by atoms with Crippen molar-refractivity contribution in [1.29, 1.82) is 0 Å². The maximum atomic E-state index is 12.2. The second-order valence-electron chi connectivity index (χ2n) is 6.34. The molecule has 0 aliphatic carbocycles. The van der Waals surface area contributed by atoms with Crippen LogP contribution in [0.2, 0.25) is 0 Å². The topological polar surface area (TPSA) is 65.8 Å². The van der Waals surface area contributed by atoms with Gasteiger partial charge < -0.3 is 14.6 Å². The Bertz CT molecular complexity index is 702. The normalized spacial score (nSPS) is 15.2. The molecule has 0 atom stereocenters. The van der Waals surface area contributed by atoms with Gasteiger partial charge in [-0.3, -0.25) is 14.5 Å². The first-order chi connectivity index (χ1) is 12.1. The van der Waals surface area contributed by atoms with E-state index in [1.165, 1.54) is 18.1 Å². The number of nitrogens with one attached hydrogen (secondary N) is 1. The molecule has 6 heteroatoms. The molecule has 0 spiro atoms. The van der Waals surface area contributed by atoms with Crippen molar-refractivity contribution >= 4 is 11.8 Å². The van der Waals surface area contributed by atoms with Crippen molar-refractivity contribution in [2.75, 3.05) is 32.7 Å². The van der Waals surface area contributed by atoms with E-state index < -0.39 is 0 Å². The zero-order valence-corrected chi connectivity index (χ0v) is 14.4. The molecule has 0 bridgehead atoms. The number of aryl methyl sites for hydroxylation is 1. The molecule has 1 aliphatic rings. The number of hydrogen-bond donors (Lipinski definition) is 1. The van der Waals surface area contributed by atoms with Gasteiger partial charge in [-0.1, -0.05) is 29.8 Å². The van der Waals surface area contributed by atoms with Crippen molar-refractivity contribution < 1.29 is 14.0 Å². The Kier molecular flexibility index (Phi) is 5.50. The van der Waals surface area contributed by atoms with Gasteiger partial charge in [0.05, 0.1) is 18.4 Å². The van der Waals surface area contributed by atoms with Crippen LogP contribution in [0.1, 0.15) is 21.5 Å². The summed E-state index contributed by atoms with van der Waals surface area (Å²) >= 11 is 0. The van der Waals surface area contributed by atoms with Crippen LogP contribution in [-0.4, -0.2) is 54.3 Å². The highest BCUT2D eigenvalue weighted by atomic mass is 16.3. The van der Waals surface area contributed by atoms with Gasteiger partial charge >= 0.3 is 0 Å². The lowest BCUT2D eigenvalue weighted by molar-refractivity contribution is -0.122. The van der Waals surface area contributed by atoms with E-state index in [0.29, 0.717) is 44.8 Å². The van der Waals surface area contributed by atoms with E-state index in [1.54, 1.807) is 11.0 Å². The molecule has 0 unspecified atom stereocenters. The Labute approximate surface area is 147 Å². The molecule has 1 N–H and O–H groups in total. The first kappa shape index (κ1) is 17.2. The molecule has 2 aromatic rings. The Morgan fingerprint density at radius 3 is 2.44 bits per heavy atom. The van der Waals surface area contributed by atoms with Crippen molar-refractivity contribution in [2.45, 2.75) is 13.5 Å². The quantitative estimate of drug-likeness (QED) is 0.898. The summed E-state index contributed by atoms with van der Waals surface area (Å²) in [6.45, 7) is 5.57. The van der Waals surface area contributed by atoms with Crippen molar-refractivity contribution in [3.05, 3.63) is 59.5 Å². The number of carbonyl (C=O) groups is 2. The number of hydrogen-bond acceptors (Lipinski definition) is 4. The molecule has 1 aromatic carbocycles. The van der Waals surface area contributed by atoms with Crippen LogP contribution in [0, 0.1) is 6.92 Å². The molecule has 2 heterocycles. The Morgan fingerprint density at radius 1 is 1.08 bits per heavy atom. The minimum Gasteiger partial charge on any atom is -0.472 e. The highest BCUT2D eigenvalue weighted by Gasteiger charge is 2.23. The smallest absolute Gasteiger partial charge is 0.257 e. The van der Waals surface area contributed by atoms with Crippen LogP contribution in [0.25, 0.3) is 0 Å². The minimum atomic E-state index is -0.0165. The third-order valence-corrected chi connectivity index (χ3v) is 4.41. The average Bonchev–Trinajstić information content (AvgIpc) is 3.16. The fourth-order valence-corrected chi connectivity index (χ4v) is 2.84. The van der Waals surface area contributed by atoms with E-state index in [0.717, 1.165) is 5.56 Å². The first-order valence-corrected chi connectivity index (χ1v) is 8.48. The molecule has 0 saturated carbocycles. The Hall–Kier alpha value is -2.60.